The van der Waals surface area contributed by atoms with E-state index in [1.165, 1.54) is 0 Å². The fraction of sp³-hybridized carbons (Fsp3) is 0.350. The fourth-order valence-electron chi connectivity index (χ4n) is 3.04. The monoisotopic (exact) mass is 366 g/mol. The van der Waals surface area contributed by atoms with E-state index in [2.05, 4.69) is 27.9 Å². The van der Waals surface area contributed by atoms with Crippen molar-refractivity contribution < 1.29 is 4.79 Å². The van der Waals surface area contributed by atoms with Crippen molar-refractivity contribution in [3.05, 3.63) is 47.7 Å². The minimum atomic E-state index is -0.146. The van der Waals surface area contributed by atoms with Gasteiger partial charge in [0.25, 0.3) is 5.91 Å². The van der Waals surface area contributed by atoms with Gasteiger partial charge in [-0.25, -0.2) is 9.67 Å². The van der Waals surface area contributed by atoms with Crippen molar-refractivity contribution in [2.45, 2.75) is 26.4 Å². The molecule has 3 aromatic rings. The summed E-state index contributed by atoms with van der Waals surface area (Å²) in [6, 6.07) is 10.1. The molecule has 0 saturated heterocycles. The van der Waals surface area contributed by atoms with Crippen LogP contribution in [0.5, 0.6) is 0 Å². The molecule has 7 heteroatoms. The highest BCUT2D eigenvalue weighted by molar-refractivity contribution is 6.06. The summed E-state index contributed by atoms with van der Waals surface area (Å²) in [7, 11) is 1.63. The standard InChI is InChI=1S/C20H26N6O/c1-13(2)26-19-17(12-24-26)16(20(27)22-3)10-18(25-19)15-6-4-5-14(9-15)11-23-8-7-21/h4-6,9-10,12-13,23H,7-8,11,21H2,1-3H3,(H,22,27). The first-order valence-corrected chi connectivity index (χ1v) is 9.15. The molecule has 0 aliphatic carbocycles. The zero-order valence-electron chi connectivity index (χ0n) is 16.0. The molecular formula is C20H26N6O. The van der Waals surface area contributed by atoms with Gasteiger partial charge in [0.1, 0.15) is 0 Å². The largest absolute Gasteiger partial charge is 0.355 e. The zero-order chi connectivity index (χ0) is 19.4. The van der Waals surface area contributed by atoms with Crippen molar-refractivity contribution >= 4 is 16.9 Å². The number of fused-ring (bicyclic) bond motifs is 1. The third-order valence-electron chi connectivity index (χ3n) is 4.40. The summed E-state index contributed by atoms with van der Waals surface area (Å²) in [5.41, 5.74) is 9.69. The highest BCUT2D eigenvalue weighted by Gasteiger charge is 2.17. The molecule has 3 rings (SSSR count). The van der Waals surface area contributed by atoms with E-state index >= 15 is 0 Å². The number of nitrogens with zero attached hydrogens (tertiary/aromatic N) is 3. The Kier molecular flexibility index (Phi) is 5.83. The van der Waals surface area contributed by atoms with E-state index in [9.17, 15) is 4.79 Å². The summed E-state index contributed by atoms with van der Waals surface area (Å²) >= 11 is 0. The Bertz CT molecular complexity index is 947. The third kappa shape index (κ3) is 3.99. The SMILES string of the molecule is CNC(=O)c1cc(-c2cccc(CNCCN)c2)nc2c1cnn2C(C)C. The van der Waals surface area contributed by atoms with Crippen molar-refractivity contribution in [3.8, 4) is 11.3 Å². The molecule has 7 nitrogen and oxygen atoms in total. The number of aromatic nitrogens is 3. The lowest BCUT2D eigenvalue weighted by molar-refractivity contribution is 0.0964. The Morgan fingerprint density at radius 3 is 2.81 bits per heavy atom. The lowest BCUT2D eigenvalue weighted by Gasteiger charge is -2.11. The van der Waals surface area contributed by atoms with Crippen LogP contribution in [0.2, 0.25) is 0 Å². The smallest absolute Gasteiger partial charge is 0.251 e. The maximum atomic E-state index is 12.4. The number of carbonyl (C=O) groups is 1. The third-order valence-corrected chi connectivity index (χ3v) is 4.40. The predicted octanol–water partition coefficient (Wildman–Crippen LogP) is 2.09. The van der Waals surface area contributed by atoms with Crippen LogP contribution in [-0.2, 0) is 6.54 Å². The van der Waals surface area contributed by atoms with E-state index in [4.69, 9.17) is 10.7 Å². The van der Waals surface area contributed by atoms with E-state index in [0.717, 1.165) is 35.3 Å². The van der Waals surface area contributed by atoms with Crippen molar-refractivity contribution in [1.82, 2.24) is 25.4 Å². The molecule has 4 N–H and O–H groups in total. The molecule has 0 fully saturated rings. The maximum Gasteiger partial charge on any atom is 0.251 e. The Morgan fingerprint density at radius 1 is 1.30 bits per heavy atom. The van der Waals surface area contributed by atoms with Crippen molar-refractivity contribution in [3.63, 3.8) is 0 Å². The number of hydrogen-bond donors (Lipinski definition) is 3. The number of amides is 1. The lowest BCUT2D eigenvalue weighted by atomic mass is 10.0. The summed E-state index contributed by atoms with van der Waals surface area (Å²) < 4.78 is 1.85. The molecule has 0 saturated carbocycles. The summed E-state index contributed by atoms with van der Waals surface area (Å²) in [5, 5.41) is 11.2. The van der Waals surface area contributed by atoms with Crippen molar-refractivity contribution in [2.75, 3.05) is 20.1 Å². The first kappa shape index (κ1) is 19.0. The second-order valence-corrected chi connectivity index (χ2v) is 6.72. The summed E-state index contributed by atoms with van der Waals surface area (Å²) in [6.07, 6.45) is 1.71. The number of hydrogen-bond acceptors (Lipinski definition) is 5. The van der Waals surface area contributed by atoms with E-state index in [0.29, 0.717) is 17.8 Å². The number of pyridine rings is 1. The van der Waals surface area contributed by atoms with Gasteiger partial charge in [-0.2, -0.15) is 5.10 Å². The van der Waals surface area contributed by atoms with Crippen molar-refractivity contribution in [2.24, 2.45) is 5.73 Å². The number of benzene rings is 1. The molecule has 1 aromatic carbocycles. The summed E-state index contributed by atoms with van der Waals surface area (Å²) in [4.78, 5) is 17.3. The average molecular weight is 366 g/mol. The molecule has 2 heterocycles. The van der Waals surface area contributed by atoms with Crippen LogP contribution in [0.4, 0.5) is 0 Å². The van der Waals surface area contributed by atoms with E-state index in [1.54, 1.807) is 13.2 Å². The molecular weight excluding hydrogens is 340 g/mol. The van der Waals surface area contributed by atoms with E-state index in [1.807, 2.05) is 36.7 Å². The Labute approximate surface area is 159 Å². The van der Waals surface area contributed by atoms with Gasteiger partial charge in [-0.1, -0.05) is 18.2 Å². The average Bonchev–Trinajstić information content (AvgIpc) is 3.11. The van der Waals surface area contributed by atoms with E-state index < -0.39 is 0 Å². The highest BCUT2D eigenvalue weighted by Crippen LogP contribution is 2.27. The normalized spacial score (nSPS) is 11.3. The van der Waals surface area contributed by atoms with Crippen LogP contribution in [0.3, 0.4) is 0 Å². The Balaban J connectivity index is 2.10. The number of rotatable bonds is 7. The van der Waals surface area contributed by atoms with Crippen LogP contribution >= 0.6 is 0 Å². The van der Waals surface area contributed by atoms with Crippen molar-refractivity contribution in [1.29, 1.82) is 0 Å². The summed E-state index contributed by atoms with van der Waals surface area (Å²) in [6.45, 7) is 6.20. The molecule has 0 unspecified atom stereocenters. The van der Waals surface area contributed by atoms with Gasteiger partial charge in [0, 0.05) is 38.3 Å². The molecule has 1 amide bonds. The summed E-state index contributed by atoms with van der Waals surface area (Å²) in [5.74, 6) is -0.146. The second-order valence-electron chi connectivity index (χ2n) is 6.72. The van der Waals surface area contributed by atoms with Crippen LogP contribution in [0.25, 0.3) is 22.3 Å². The van der Waals surface area contributed by atoms with Gasteiger partial charge >= 0.3 is 0 Å². The second kappa shape index (κ2) is 8.28. The van der Waals surface area contributed by atoms with Crippen LogP contribution in [0.15, 0.2) is 36.5 Å². The molecule has 0 radical (unpaired) electrons. The molecule has 27 heavy (non-hydrogen) atoms. The number of nitrogens with two attached hydrogens (primary N) is 1. The minimum Gasteiger partial charge on any atom is -0.355 e. The van der Waals surface area contributed by atoms with Gasteiger partial charge in [0.15, 0.2) is 5.65 Å². The van der Waals surface area contributed by atoms with Gasteiger partial charge in [0.05, 0.1) is 22.8 Å². The van der Waals surface area contributed by atoms with Crippen LogP contribution in [0, 0.1) is 0 Å². The van der Waals surface area contributed by atoms with Gasteiger partial charge in [-0.15, -0.1) is 0 Å². The first-order valence-electron chi connectivity index (χ1n) is 9.15. The molecule has 2 aromatic heterocycles. The van der Waals surface area contributed by atoms with Gasteiger partial charge in [-0.05, 0) is 31.5 Å². The van der Waals surface area contributed by atoms with Crippen LogP contribution in [-0.4, -0.2) is 40.8 Å². The minimum absolute atomic E-state index is 0.146. The maximum absolute atomic E-state index is 12.4. The Morgan fingerprint density at radius 2 is 2.11 bits per heavy atom. The topological polar surface area (TPSA) is 97.9 Å². The highest BCUT2D eigenvalue weighted by atomic mass is 16.1. The molecule has 142 valence electrons. The molecule has 0 atom stereocenters. The molecule has 0 aliphatic heterocycles. The zero-order valence-corrected chi connectivity index (χ0v) is 16.0. The van der Waals surface area contributed by atoms with Crippen LogP contribution in [0.1, 0.15) is 35.8 Å². The van der Waals surface area contributed by atoms with Gasteiger partial charge < -0.3 is 16.4 Å². The van der Waals surface area contributed by atoms with Crippen LogP contribution < -0.4 is 16.4 Å². The lowest BCUT2D eigenvalue weighted by Crippen LogP contribution is -2.21. The number of carbonyl (C=O) groups excluding carboxylic acids is 1. The van der Waals surface area contributed by atoms with Gasteiger partial charge in [-0.3, -0.25) is 4.79 Å². The Hall–Kier alpha value is -2.77. The fourth-order valence-corrected chi connectivity index (χ4v) is 3.04. The number of nitrogens with one attached hydrogen (secondary N) is 2. The molecule has 0 bridgehead atoms. The van der Waals surface area contributed by atoms with E-state index in [-0.39, 0.29) is 11.9 Å². The first-order chi connectivity index (χ1) is 13.0. The molecule has 0 spiro atoms. The quantitative estimate of drug-likeness (QED) is 0.556. The van der Waals surface area contributed by atoms with Gasteiger partial charge in [0.2, 0.25) is 0 Å². The predicted molar refractivity (Wildman–Crippen MR) is 108 cm³/mol. The molecule has 0 aliphatic rings.